The summed E-state index contributed by atoms with van der Waals surface area (Å²) in [7, 11) is -3.52. The lowest BCUT2D eigenvalue weighted by atomic mass is 9.85. The standard InChI is InChI=1S/C12H19N5O2S/c13-15-12-2-1-10(7-14-12)20(18,19)16-11-8-17-5-3-9(11)4-6-17/h1-2,7,9,11,16H,3-6,8,13H2,(H,14,15). The molecule has 0 amide bonds. The van der Waals surface area contributed by atoms with Crippen LogP contribution in [0.3, 0.4) is 0 Å². The molecule has 3 aliphatic heterocycles. The number of fused-ring (bicyclic) bond motifs is 3. The fourth-order valence-electron chi connectivity index (χ4n) is 2.99. The molecular weight excluding hydrogens is 278 g/mol. The van der Waals surface area contributed by atoms with Gasteiger partial charge >= 0.3 is 0 Å². The Labute approximate surface area is 118 Å². The fourth-order valence-corrected chi connectivity index (χ4v) is 4.23. The summed E-state index contributed by atoms with van der Waals surface area (Å²) >= 11 is 0. The second kappa shape index (κ2) is 5.28. The van der Waals surface area contributed by atoms with Crippen molar-refractivity contribution in [2.75, 3.05) is 25.1 Å². The number of nitrogen functional groups attached to an aromatic ring is 1. The summed E-state index contributed by atoms with van der Waals surface area (Å²) in [4.78, 5) is 6.43. The maximum atomic E-state index is 12.4. The largest absolute Gasteiger partial charge is 0.308 e. The number of hydrogen-bond donors (Lipinski definition) is 3. The number of nitrogens with one attached hydrogen (secondary N) is 2. The molecule has 0 aromatic carbocycles. The first-order valence-corrected chi connectivity index (χ1v) is 8.24. The van der Waals surface area contributed by atoms with Gasteiger partial charge in [0.05, 0.1) is 0 Å². The molecule has 20 heavy (non-hydrogen) atoms. The van der Waals surface area contributed by atoms with E-state index in [2.05, 4.69) is 20.0 Å². The number of sulfonamides is 1. The number of anilines is 1. The third kappa shape index (κ3) is 2.64. The van der Waals surface area contributed by atoms with Gasteiger partial charge in [0.1, 0.15) is 10.7 Å². The molecule has 4 N–H and O–H groups in total. The Hall–Kier alpha value is -1.22. The van der Waals surface area contributed by atoms with Crippen LogP contribution in [0.1, 0.15) is 12.8 Å². The fraction of sp³-hybridized carbons (Fsp3) is 0.583. The zero-order valence-electron chi connectivity index (χ0n) is 11.1. The summed E-state index contributed by atoms with van der Waals surface area (Å²) in [6.45, 7) is 2.97. The Kier molecular flexibility index (Phi) is 3.63. The molecule has 0 saturated carbocycles. The van der Waals surface area contributed by atoms with Crippen LogP contribution >= 0.6 is 0 Å². The van der Waals surface area contributed by atoms with Crippen molar-refractivity contribution in [1.82, 2.24) is 14.6 Å². The van der Waals surface area contributed by atoms with E-state index < -0.39 is 10.0 Å². The van der Waals surface area contributed by atoms with Crippen LogP contribution in [-0.2, 0) is 10.0 Å². The first kappa shape index (κ1) is 13.7. The van der Waals surface area contributed by atoms with E-state index in [1.54, 1.807) is 6.07 Å². The normalized spacial score (nSPS) is 29.4. The van der Waals surface area contributed by atoms with E-state index in [-0.39, 0.29) is 10.9 Å². The van der Waals surface area contributed by atoms with Crippen LogP contribution in [0.25, 0.3) is 0 Å². The molecule has 1 unspecified atom stereocenters. The molecule has 0 radical (unpaired) electrons. The molecule has 0 spiro atoms. The molecule has 4 rings (SSSR count). The Morgan fingerprint density at radius 2 is 2.05 bits per heavy atom. The van der Waals surface area contributed by atoms with Crippen LogP contribution < -0.4 is 16.0 Å². The van der Waals surface area contributed by atoms with E-state index >= 15 is 0 Å². The Morgan fingerprint density at radius 1 is 1.30 bits per heavy atom. The van der Waals surface area contributed by atoms with Crippen molar-refractivity contribution in [3.63, 3.8) is 0 Å². The van der Waals surface area contributed by atoms with Crippen molar-refractivity contribution in [3.05, 3.63) is 18.3 Å². The molecule has 1 atom stereocenters. The summed E-state index contributed by atoms with van der Waals surface area (Å²) in [5, 5.41) is 0. The lowest BCUT2D eigenvalue weighted by molar-refractivity contribution is 0.0827. The van der Waals surface area contributed by atoms with E-state index in [0.717, 1.165) is 32.5 Å². The number of pyridine rings is 1. The highest BCUT2D eigenvalue weighted by molar-refractivity contribution is 7.89. The predicted octanol–water partition coefficient (Wildman–Crippen LogP) is -0.260. The molecule has 3 aliphatic rings. The molecule has 2 bridgehead atoms. The van der Waals surface area contributed by atoms with Gasteiger partial charge in [0.25, 0.3) is 0 Å². The van der Waals surface area contributed by atoms with E-state index in [0.29, 0.717) is 11.7 Å². The van der Waals surface area contributed by atoms with Crippen molar-refractivity contribution in [2.45, 2.75) is 23.8 Å². The average molecular weight is 297 g/mol. The first-order chi connectivity index (χ1) is 9.58. The zero-order chi connectivity index (χ0) is 14.2. The summed E-state index contributed by atoms with van der Waals surface area (Å²) in [5.74, 6) is 6.10. The Morgan fingerprint density at radius 3 is 2.55 bits per heavy atom. The van der Waals surface area contributed by atoms with Gasteiger partial charge in [0.15, 0.2) is 0 Å². The monoisotopic (exact) mass is 297 g/mol. The predicted molar refractivity (Wildman–Crippen MR) is 75.3 cm³/mol. The lowest BCUT2D eigenvalue weighted by Crippen LogP contribution is -2.57. The maximum Gasteiger partial charge on any atom is 0.242 e. The third-order valence-electron chi connectivity index (χ3n) is 4.16. The minimum atomic E-state index is -3.52. The molecule has 1 aromatic heterocycles. The van der Waals surface area contributed by atoms with Gasteiger partial charge in [-0.25, -0.2) is 24.0 Å². The smallest absolute Gasteiger partial charge is 0.242 e. The molecule has 1 aromatic rings. The molecule has 8 heteroatoms. The van der Waals surface area contributed by atoms with E-state index in [1.165, 1.54) is 12.3 Å². The third-order valence-corrected chi connectivity index (χ3v) is 5.63. The van der Waals surface area contributed by atoms with E-state index in [4.69, 9.17) is 5.84 Å². The molecule has 3 fully saturated rings. The van der Waals surface area contributed by atoms with E-state index in [9.17, 15) is 8.42 Å². The Bertz CT molecular complexity index is 566. The maximum absolute atomic E-state index is 12.4. The minimum Gasteiger partial charge on any atom is -0.308 e. The van der Waals surface area contributed by atoms with Crippen molar-refractivity contribution in [3.8, 4) is 0 Å². The van der Waals surface area contributed by atoms with Gasteiger partial charge < -0.3 is 10.3 Å². The SMILES string of the molecule is NNc1ccc(S(=O)(=O)NC2CN3CCC2CC3)cn1. The second-order valence-electron chi connectivity index (χ2n) is 5.39. The number of hydrogen-bond acceptors (Lipinski definition) is 6. The number of nitrogens with zero attached hydrogens (tertiary/aromatic N) is 2. The van der Waals surface area contributed by atoms with Crippen LogP contribution in [0.2, 0.25) is 0 Å². The zero-order valence-corrected chi connectivity index (χ0v) is 11.9. The van der Waals surface area contributed by atoms with Gasteiger partial charge in [-0.2, -0.15) is 0 Å². The molecule has 7 nitrogen and oxygen atoms in total. The van der Waals surface area contributed by atoms with Gasteiger partial charge in [-0.05, 0) is 44.0 Å². The highest BCUT2D eigenvalue weighted by Gasteiger charge is 2.36. The van der Waals surface area contributed by atoms with Crippen molar-refractivity contribution in [1.29, 1.82) is 0 Å². The summed E-state index contributed by atoms with van der Waals surface area (Å²) in [6, 6.07) is 3.06. The number of hydrazine groups is 1. The van der Waals surface area contributed by atoms with Crippen LogP contribution in [0.5, 0.6) is 0 Å². The Balaban J connectivity index is 1.74. The van der Waals surface area contributed by atoms with Gasteiger partial charge in [-0.15, -0.1) is 0 Å². The van der Waals surface area contributed by atoms with Crippen molar-refractivity contribution in [2.24, 2.45) is 11.8 Å². The number of nitrogens with two attached hydrogens (primary N) is 1. The van der Waals surface area contributed by atoms with Gasteiger partial charge in [0, 0.05) is 18.8 Å². The molecule has 0 aliphatic carbocycles. The first-order valence-electron chi connectivity index (χ1n) is 6.76. The summed E-state index contributed by atoms with van der Waals surface area (Å²) in [5.41, 5.74) is 2.38. The summed E-state index contributed by atoms with van der Waals surface area (Å²) < 4.78 is 27.5. The van der Waals surface area contributed by atoms with E-state index in [1.807, 2.05) is 0 Å². The number of rotatable bonds is 4. The van der Waals surface area contributed by atoms with Crippen LogP contribution in [0, 0.1) is 5.92 Å². The molecular formula is C12H19N5O2S. The molecule has 4 heterocycles. The van der Waals surface area contributed by atoms with Crippen LogP contribution in [0.15, 0.2) is 23.2 Å². The van der Waals surface area contributed by atoms with Gasteiger partial charge in [-0.1, -0.05) is 0 Å². The van der Waals surface area contributed by atoms with Gasteiger partial charge in [0.2, 0.25) is 10.0 Å². The number of piperidine rings is 3. The lowest BCUT2D eigenvalue weighted by Gasteiger charge is -2.44. The average Bonchev–Trinajstić information content (AvgIpc) is 2.48. The highest BCUT2D eigenvalue weighted by atomic mass is 32.2. The number of aromatic nitrogens is 1. The van der Waals surface area contributed by atoms with Gasteiger partial charge in [-0.3, -0.25) is 0 Å². The highest BCUT2D eigenvalue weighted by Crippen LogP contribution is 2.28. The quantitative estimate of drug-likeness (QED) is 0.523. The van der Waals surface area contributed by atoms with Crippen molar-refractivity contribution < 1.29 is 8.42 Å². The molecule has 3 saturated heterocycles. The summed E-state index contributed by atoms with van der Waals surface area (Å²) in [6.07, 6.45) is 3.46. The van der Waals surface area contributed by atoms with Crippen LogP contribution in [0.4, 0.5) is 5.82 Å². The van der Waals surface area contributed by atoms with Crippen molar-refractivity contribution >= 4 is 15.8 Å². The topological polar surface area (TPSA) is 100 Å². The minimum absolute atomic E-state index is 0.00908. The molecule has 110 valence electrons. The second-order valence-corrected chi connectivity index (χ2v) is 7.10. The van der Waals surface area contributed by atoms with Crippen LogP contribution in [-0.4, -0.2) is 44.0 Å².